The number of halogens is 3. The second-order valence-corrected chi connectivity index (χ2v) is 8.59. The smallest absolute Gasteiger partial charge is 0.475 e. The Morgan fingerprint density at radius 1 is 1.21 bits per heavy atom. The molecule has 0 radical (unpaired) electrons. The molecule has 1 saturated heterocycles. The van der Waals surface area contributed by atoms with Crippen LogP contribution in [0.3, 0.4) is 0 Å². The molecule has 0 aliphatic carbocycles. The van der Waals surface area contributed by atoms with Crippen LogP contribution < -0.4 is 4.90 Å². The standard InChI is InChI=1S/C20H20N4OS.C2HF3O2/c1-2-24-15-6-3-10-21-18(15)23-11-4-8-17(23)20(24)9-12-22(14-20)19(25)16-7-5-13-26-16;3-2(4,5)1(6)7/h3-8,10-11,13H,2,9,12,14H2,1H3;(H,6,7). The van der Waals surface area contributed by atoms with Crippen LogP contribution >= 0.6 is 11.3 Å². The van der Waals surface area contributed by atoms with Gasteiger partial charge in [-0.05, 0) is 49.1 Å². The van der Waals surface area contributed by atoms with Crippen LogP contribution in [0.15, 0.2) is 54.2 Å². The van der Waals surface area contributed by atoms with Crippen molar-refractivity contribution in [2.75, 3.05) is 24.5 Å². The summed E-state index contributed by atoms with van der Waals surface area (Å²) in [6.45, 7) is 4.54. The second-order valence-electron chi connectivity index (χ2n) is 7.64. The summed E-state index contributed by atoms with van der Waals surface area (Å²) < 4.78 is 33.9. The Morgan fingerprint density at radius 3 is 2.61 bits per heavy atom. The number of aliphatic carboxylic acids is 1. The number of fused-ring (bicyclic) bond motifs is 4. The Bertz CT molecular complexity index is 1160. The summed E-state index contributed by atoms with van der Waals surface area (Å²) in [6.07, 6.45) is -0.230. The molecular weight excluding hydrogens is 457 g/mol. The van der Waals surface area contributed by atoms with E-state index in [0.29, 0.717) is 6.54 Å². The monoisotopic (exact) mass is 478 g/mol. The summed E-state index contributed by atoms with van der Waals surface area (Å²) in [6, 6.07) is 12.2. The number of rotatable bonds is 2. The lowest BCUT2D eigenvalue weighted by atomic mass is 9.89. The fraction of sp³-hybridized carbons (Fsp3) is 0.318. The van der Waals surface area contributed by atoms with Gasteiger partial charge in [0.15, 0.2) is 5.82 Å². The summed E-state index contributed by atoms with van der Waals surface area (Å²) in [5.41, 5.74) is 2.18. The van der Waals surface area contributed by atoms with Gasteiger partial charge >= 0.3 is 12.1 Å². The molecule has 11 heteroatoms. The third-order valence-corrected chi connectivity index (χ3v) is 6.71. The summed E-state index contributed by atoms with van der Waals surface area (Å²) in [4.78, 5) is 31.7. The minimum Gasteiger partial charge on any atom is -0.475 e. The van der Waals surface area contributed by atoms with Crippen molar-refractivity contribution in [1.29, 1.82) is 0 Å². The zero-order chi connectivity index (χ0) is 23.8. The number of hydrogen-bond acceptors (Lipinski definition) is 5. The lowest BCUT2D eigenvalue weighted by Crippen LogP contribution is -2.52. The van der Waals surface area contributed by atoms with Crippen molar-refractivity contribution in [3.05, 3.63) is 64.7 Å². The third kappa shape index (κ3) is 3.97. The molecule has 33 heavy (non-hydrogen) atoms. The largest absolute Gasteiger partial charge is 0.490 e. The highest BCUT2D eigenvalue weighted by molar-refractivity contribution is 7.12. The predicted octanol–water partition coefficient (Wildman–Crippen LogP) is 4.15. The van der Waals surface area contributed by atoms with E-state index < -0.39 is 12.1 Å². The van der Waals surface area contributed by atoms with E-state index in [1.54, 1.807) is 0 Å². The molecule has 174 valence electrons. The minimum atomic E-state index is -5.08. The van der Waals surface area contributed by atoms with E-state index in [9.17, 15) is 18.0 Å². The molecule has 1 N–H and O–H groups in total. The van der Waals surface area contributed by atoms with E-state index in [2.05, 4.69) is 45.8 Å². The van der Waals surface area contributed by atoms with Crippen molar-refractivity contribution >= 4 is 28.9 Å². The number of amides is 1. The highest BCUT2D eigenvalue weighted by atomic mass is 32.1. The normalized spacial score (nSPS) is 19.0. The Kier molecular flexibility index (Phi) is 5.91. The van der Waals surface area contributed by atoms with E-state index in [-0.39, 0.29) is 11.4 Å². The molecule has 3 aromatic rings. The maximum Gasteiger partial charge on any atom is 0.490 e. The van der Waals surface area contributed by atoms with Crippen molar-refractivity contribution in [2.24, 2.45) is 0 Å². The molecule has 2 aliphatic heterocycles. The van der Waals surface area contributed by atoms with Gasteiger partial charge in [0.25, 0.3) is 5.91 Å². The number of aromatic nitrogens is 2. The molecule has 1 spiro atoms. The molecule has 7 nitrogen and oxygen atoms in total. The van der Waals surface area contributed by atoms with E-state index in [4.69, 9.17) is 9.90 Å². The fourth-order valence-electron chi connectivity index (χ4n) is 4.52. The maximum atomic E-state index is 12.9. The van der Waals surface area contributed by atoms with Crippen LogP contribution in [0.4, 0.5) is 18.9 Å². The topological polar surface area (TPSA) is 78.7 Å². The first-order valence-corrected chi connectivity index (χ1v) is 11.1. The van der Waals surface area contributed by atoms with Gasteiger partial charge in [0.05, 0.1) is 16.3 Å². The van der Waals surface area contributed by atoms with Crippen LogP contribution in [0.25, 0.3) is 5.82 Å². The first kappa shape index (κ1) is 22.8. The highest BCUT2D eigenvalue weighted by Gasteiger charge is 2.50. The Labute approximate surface area is 191 Å². The third-order valence-electron chi connectivity index (χ3n) is 5.85. The summed E-state index contributed by atoms with van der Waals surface area (Å²) in [5.74, 6) is -1.64. The molecule has 0 aromatic carbocycles. The SMILES string of the molecule is CCN1c2cccnc2-n2cccc2C12CCN(C(=O)c1cccs1)C2.O=C(O)C(F)(F)F. The van der Waals surface area contributed by atoms with Crippen LogP contribution in [-0.2, 0) is 10.3 Å². The Balaban J connectivity index is 0.000000325. The summed E-state index contributed by atoms with van der Waals surface area (Å²) in [5, 5.41) is 9.09. The van der Waals surface area contributed by atoms with Gasteiger partial charge in [-0.1, -0.05) is 6.07 Å². The number of carboxylic acids is 1. The fourth-order valence-corrected chi connectivity index (χ4v) is 5.21. The lowest BCUT2D eigenvalue weighted by Gasteiger charge is -2.46. The average molecular weight is 478 g/mol. The predicted molar refractivity (Wildman–Crippen MR) is 117 cm³/mol. The molecule has 1 amide bonds. The molecule has 5 rings (SSSR count). The van der Waals surface area contributed by atoms with Gasteiger partial charge in [0.1, 0.15) is 5.54 Å². The Morgan fingerprint density at radius 2 is 1.97 bits per heavy atom. The molecule has 1 atom stereocenters. The second kappa shape index (κ2) is 8.54. The number of alkyl halides is 3. The van der Waals surface area contributed by atoms with E-state index in [1.807, 2.05) is 34.7 Å². The molecule has 3 aromatic heterocycles. The number of likely N-dealkylation sites (N-methyl/N-ethyl adjacent to an activating group) is 1. The summed E-state index contributed by atoms with van der Waals surface area (Å²) in [7, 11) is 0. The molecule has 5 heterocycles. The van der Waals surface area contributed by atoms with Gasteiger partial charge in [0, 0.05) is 32.0 Å². The number of pyridine rings is 1. The first-order chi connectivity index (χ1) is 15.7. The van der Waals surface area contributed by atoms with Gasteiger partial charge in [-0.3, -0.25) is 4.79 Å². The number of nitrogens with zero attached hydrogens (tertiary/aromatic N) is 4. The van der Waals surface area contributed by atoms with Crippen molar-refractivity contribution in [1.82, 2.24) is 14.5 Å². The van der Waals surface area contributed by atoms with Gasteiger partial charge in [-0.15, -0.1) is 11.3 Å². The number of likely N-dealkylation sites (tertiary alicyclic amines) is 1. The molecule has 1 unspecified atom stereocenters. The van der Waals surface area contributed by atoms with Gasteiger partial charge in [-0.2, -0.15) is 13.2 Å². The van der Waals surface area contributed by atoms with E-state index in [1.165, 1.54) is 17.0 Å². The number of carbonyl (C=O) groups is 2. The van der Waals surface area contributed by atoms with Gasteiger partial charge in [0.2, 0.25) is 0 Å². The number of anilines is 1. The molecule has 2 aliphatic rings. The number of thiophene rings is 1. The number of carbonyl (C=O) groups excluding carboxylic acids is 1. The van der Waals surface area contributed by atoms with Crippen LogP contribution in [0.5, 0.6) is 0 Å². The number of carboxylic acid groups (broad SMARTS) is 1. The van der Waals surface area contributed by atoms with Crippen LogP contribution in [0, 0.1) is 0 Å². The number of hydrogen-bond donors (Lipinski definition) is 1. The minimum absolute atomic E-state index is 0.142. The quantitative estimate of drug-likeness (QED) is 0.599. The molecule has 0 bridgehead atoms. The lowest BCUT2D eigenvalue weighted by molar-refractivity contribution is -0.192. The van der Waals surface area contributed by atoms with Gasteiger partial charge < -0.3 is 19.5 Å². The maximum absolute atomic E-state index is 12.9. The average Bonchev–Trinajstić information content (AvgIpc) is 3.54. The summed E-state index contributed by atoms with van der Waals surface area (Å²) >= 11 is 1.52. The molecular formula is C22H21F3N4O3S. The zero-order valence-corrected chi connectivity index (χ0v) is 18.4. The molecule has 0 saturated carbocycles. The van der Waals surface area contributed by atoms with Gasteiger partial charge in [-0.25, -0.2) is 9.78 Å². The van der Waals surface area contributed by atoms with Crippen LogP contribution in [-0.4, -0.2) is 57.2 Å². The molecule has 1 fully saturated rings. The van der Waals surface area contributed by atoms with Crippen LogP contribution in [0.2, 0.25) is 0 Å². The van der Waals surface area contributed by atoms with Crippen molar-refractivity contribution in [3.8, 4) is 5.82 Å². The van der Waals surface area contributed by atoms with Crippen molar-refractivity contribution in [3.63, 3.8) is 0 Å². The van der Waals surface area contributed by atoms with Crippen molar-refractivity contribution < 1.29 is 27.9 Å². The van der Waals surface area contributed by atoms with Crippen molar-refractivity contribution in [2.45, 2.75) is 25.1 Å². The van der Waals surface area contributed by atoms with Crippen LogP contribution in [0.1, 0.15) is 28.7 Å². The first-order valence-electron chi connectivity index (χ1n) is 10.2. The highest BCUT2D eigenvalue weighted by Crippen LogP contribution is 2.47. The zero-order valence-electron chi connectivity index (χ0n) is 17.6. The van der Waals surface area contributed by atoms with E-state index >= 15 is 0 Å². The Hall–Kier alpha value is -3.34. The van der Waals surface area contributed by atoms with E-state index in [0.717, 1.165) is 35.9 Å².